The molecule has 1 aromatic carbocycles. The molecular formula is C10H14N2O3. The van der Waals surface area contributed by atoms with Crippen LogP contribution in [0.25, 0.3) is 0 Å². The van der Waals surface area contributed by atoms with Gasteiger partial charge in [0, 0.05) is 0 Å². The number of rotatable bonds is 4. The third-order valence-electron chi connectivity index (χ3n) is 2.13. The summed E-state index contributed by atoms with van der Waals surface area (Å²) in [5.41, 5.74) is 0.914. The molecule has 0 fully saturated rings. The molecule has 1 atom stereocenters. The molecule has 0 aliphatic rings. The molecule has 0 amide bonds. The second-order valence-electron chi connectivity index (χ2n) is 3.15. The molecule has 0 spiro atoms. The summed E-state index contributed by atoms with van der Waals surface area (Å²) in [4.78, 5) is 15.3. The van der Waals surface area contributed by atoms with Gasteiger partial charge in [-0.1, -0.05) is 12.1 Å². The number of likely N-dealkylation sites (N-methyl/N-ethyl adjacent to an activating group) is 1. The molecular weight excluding hydrogens is 196 g/mol. The molecule has 0 bridgehead atoms. The summed E-state index contributed by atoms with van der Waals surface area (Å²) in [7, 11) is 1.65. The number of hydrogen-bond acceptors (Lipinski definition) is 5. The van der Waals surface area contributed by atoms with Gasteiger partial charge in [-0.2, -0.15) is 5.90 Å². The Morgan fingerprint density at radius 3 is 2.60 bits per heavy atom. The number of nitrogens with two attached hydrogens (primary N) is 1. The van der Waals surface area contributed by atoms with Gasteiger partial charge in [-0.3, -0.25) is 0 Å². The normalized spacial score (nSPS) is 12.1. The molecule has 0 saturated heterocycles. The minimum atomic E-state index is -0.509. The van der Waals surface area contributed by atoms with Crippen LogP contribution in [0.5, 0.6) is 5.75 Å². The summed E-state index contributed by atoms with van der Waals surface area (Å²) in [6.45, 7) is 0. The smallest absolute Gasteiger partial charge is 0.341 e. The van der Waals surface area contributed by atoms with E-state index in [2.05, 4.69) is 10.2 Å². The molecule has 0 unspecified atom stereocenters. The summed E-state index contributed by atoms with van der Waals surface area (Å²) in [5, 5.41) is 11.9. The van der Waals surface area contributed by atoms with E-state index in [1.54, 1.807) is 31.3 Å². The summed E-state index contributed by atoms with van der Waals surface area (Å²) in [6.07, 6.45) is 0.465. The van der Waals surface area contributed by atoms with E-state index < -0.39 is 12.0 Å². The highest BCUT2D eigenvalue weighted by molar-refractivity contribution is 5.75. The molecule has 15 heavy (non-hydrogen) atoms. The van der Waals surface area contributed by atoms with Gasteiger partial charge in [0.05, 0.1) is 0 Å². The van der Waals surface area contributed by atoms with Crippen LogP contribution >= 0.6 is 0 Å². The fraction of sp³-hybridized carbons (Fsp3) is 0.300. The summed E-state index contributed by atoms with van der Waals surface area (Å²) in [6, 6.07) is 6.14. The molecule has 0 radical (unpaired) electrons. The van der Waals surface area contributed by atoms with Crippen molar-refractivity contribution < 1.29 is 14.7 Å². The van der Waals surface area contributed by atoms with E-state index in [1.807, 2.05) is 0 Å². The van der Waals surface area contributed by atoms with Crippen LogP contribution in [0.3, 0.4) is 0 Å². The second kappa shape index (κ2) is 5.33. The first kappa shape index (κ1) is 11.5. The zero-order valence-corrected chi connectivity index (χ0v) is 8.43. The Morgan fingerprint density at radius 1 is 1.53 bits per heavy atom. The van der Waals surface area contributed by atoms with Gasteiger partial charge in [0.25, 0.3) is 0 Å². The Morgan fingerprint density at radius 2 is 2.13 bits per heavy atom. The lowest BCUT2D eigenvalue weighted by Crippen LogP contribution is -2.38. The Balaban J connectivity index is 2.66. The molecule has 5 nitrogen and oxygen atoms in total. The Kier molecular flexibility index (Phi) is 4.08. The van der Waals surface area contributed by atoms with Gasteiger partial charge in [-0.15, -0.1) is 0 Å². The third-order valence-corrected chi connectivity index (χ3v) is 2.13. The van der Waals surface area contributed by atoms with Crippen LogP contribution in [0.4, 0.5) is 0 Å². The van der Waals surface area contributed by atoms with E-state index in [9.17, 15) is 4.79 Å². The van der Waals surface area contributed by atoms with E-state index in [1.165, 1.54) is 0 Å². The lowest BCUT2D eigenvalue weighted by atomic mass is 10.1. The maximum atomic E-state index is 11.2. The number of carbonyl (C=O) groups excluding carboxylic acids is 1. The molecule has 0 aromatic heterocycles. The van der Waals surface area contributed by atoms with Gasteiger partial charge in [-0.05, 0) is 31.2 Å². The Hall–Kier alpha value is -1.59. The number of phenolic OH excluding ortho intramolecular Hbond substituents is 1. The van der Waals surface area contributed by atoms with E-state index in [0.717, 1.165) is 5.56 Å². The van der Waals surface area contributed by atoms with E-state index in [4.69, 9.17) is 11.0 Å². The Bertz CT molecular complexity index is 324. The molecule has 5 heteroatoms. The first-order valence-corrected chi connectivity index (χ1v) is 4.53. The highest BCUT2D eigenvalue weighted by Crippen LogP contribution is 2.11. The number of aromatic hydroxyl groups is 1. The molecule has 0 heterocycles. The van der Waals surface area contributed by atoms with Gasteiger partial charge < -0.3 is 15.3 Å². The van der Waals surface area contributed by atoms with E-state index in [0.29, 0.717) is 6.42 Å². The van der Waals surface area contributed by atoms with Crippen LogP contribution in [0.1, 0.15) is 5.56 Å². The first-order chi connectivity index (χ1) is 7.17. The highest BCUT2D eigenvalue weighted by Gasteiger charge is 2.17. The van der Waals surface area contributed by atoms with E-state index >= 15 is 0 Å². The van der Waals surface area contributed by atoms with Crippen LogP contribution < -0.4 is 11.2 Å². The number of hydrogen-bond donors (Lipinski definition) is 3. The molecule has 4 N–H and O–H groups in total. The van der Waals surface area contributed by atoms with Crippen molar-refractivity contribution in [3.8, 4) is 5.75 Å². The van der Waals surface area contributed by atoms with Gasteiger partial charge in [-0.25, -0.2) is 4.79 Å². The maximum absolute atomic E-state index is 11.2. The molecule has 0 aliphatic carbocycles. The zero-order valence-electron chi connectivity index (χ0n) is 8.43. The average Bonchev–Trinajstić information content (AvgIpc) is 2.27. The zero-order chi connectivity index (χ0) is 11.3. The van der Waals surface area contributed by atoms with Gasteiger partial charge in [0.15, 0.2) is 0 Å². The van der Waals surface area contributed by atoms with Crippen LogP contribution in [0.15, 0.2) is 24.3 Å². The van der Waals surface area contributed by atoms with Gasteiger partial charge in [0.1, 0.15) is 11.8 Å². The molecule has 1 aromatic rings. The summed E-state index contributed by atoms with van der Waals surface area (Å²) >= 11 is 0. The van der Waals surface area contributed by atoms with Crippen molar-refractivity contribution in [3.63, 3.8) is 0 Å². The standard InChI is InChI=1S/C10H14N2O3/c1-12-9(10(14)15-11)6-7-2-4-8(13)5-3-7/h2-5,9,12-13H,6,11H2,1H3/t9-/m0/s1. The van der Waals surface area contributed by atoms with Crippen molar-refractivity contribution in [3.05, 3.63) is 29.8 Å². The van der Waals surface area contributed by atoms with Crippen LogP contribution in [-0.4, -0.2) is 24.2 Å². The van der Waals surface area contributed by atoms with Crippen molar-refractivity contribution in [1.82, 2.24) is 5.32 Å². The predicted molar refractivity (Wildman–Crippen MR) is 54.9 cm³/mol. The number of benzene rings is 1. The van der Waals surface area contributed by atoms with Crippen molar-refractivity contribution in [2.75, 3.05) is 7.05 Å². The van der Waals surface area contributed by atoms with Gasteiger partial charge >= 0.3 is 5.97 Å². The fourth-order valence-corrected chi connectivity index (χ4v) is 1.25. The molecule has 0 aliphatic heterocycles. The molecule has 1 rings (SSSR count). The van der Waals surface area contributed by atoms with E-state index in [-0.39, 0.29) is 5.75 Å². The summed E-state index contributed by atoms with van der Waals surface area (Å²) in [5.74, 6) is 4.48. The third kappa shape index (κ3) is 3.23. The fourth-order valence-electron chi connectivity index (χ4n) is 1.25. The summed E-state index contributed by atoms with van der Waals surface area (Å²) < 4.78 is 0. The van der Waals surface area contributed by atoms with Gasteiger partial charge in [0.2, 0.25) is 0 Å². The molecule has 0 saturated carbocycles. The predicted octanol–water partition coefficient (Wildman–Crippen LogP) is -0.0604. The maximum Gasteiger partial charge on any atom is 0.341 e. The first-order valence-electron chi connectivity index (χ1n) is 4.53. The average molecular weight is 210 g/mol. The lowest BCUT2D eigenvalue weighted by molar-refractivity contribution is -0.146. The van der Waals surface area contributed by atoms with Crippen LogP contribution in [-0.2, 0) is 16.1 Å². The largest absolute Gasteiger partial charge is 0.508 e. The van der Waals surface area contributed by atoms with Crippen LogP contribution in [0, 0.1) is 0 Å². The lowest BCUT2D eigenvalue weighted by Gasteiger charge is -2.12. The number of nitrogens with one attached hydrogen (secondary N) is 1. The van der Waals surface area contributed by atoms with Crippen molar-refractivity contribution in [2.45, 2.75) is 12.5 Å². The topological polar surface area (TPSA) is 84.6 Å². The van der Waals surface area contributed by atoms with Crippen LogP contribution in [0.2, 0.25) is 0 Å². The van der Waals surface area contributed by atoms with Crippen molar-refractivity contribution in [2.24, 2.45) is 5.90 Å². The SMILES string of the molecule is CN[C@@H](Cc1ccc(O)cc1)C(=O)ON. The highest BCUT2D eigenvalue weighted by atomic mass is 16.7. The molecule has 82 valence electrons. The Labute approximate surface area is 87.8 Å². The van der Waals surface area contributed by atoms with Crippen molar-refractivity contribution >= 4 is 5.97 Å². The second-order valence-corrected chi connectivity index (χ2v) is 3.15. The number of phenols is 1. The van der Waals surface area contributed by atoms with Crippen molar-refractivity contribution in [1.29, 1.82) is 0 Å². The monoisotopic (exact) mass is 210 g/mol. The number of carbonyl (C=O) groups is 1. The minimum absolute atomic E-state index is 0.196. The quantitative estimate of drug-likeness (QED) is 0.606. The minimum Gasteiger partial charge on any atom is -0.508 e.